The third-order valence-corrected chi connectivity index (χ3v) is 4.63. The molecule has 1 aromatic rings. The molecule has 2 atom stereocenters. The zero-order valence-corrected chi connectivity index (χ0v) is 11.3. The van der Waals surface area contributed by atoms with Crippen LogP contribution in [-0.2, 0) is 0 Å². The predicted molar refractivity (Wildman–Crippen MR) is 77.5 cm³/mol. The van der Waals surface area contributed by atoms with Crippen LogP contribution in [0.4, 0.5) is 5.82 Å². The molecule has 1 aliphatic heterocycles. The average molecular weight is 258 g/mol. The number of pyridine rings is 1. The van der Waals surface area contributed by atoms with E-state index in [2.05, 4.69) is 9.88 Å². The Bertz CT molecular complexity index is 471. The third-order valence-electron chi connectivity index (χ3n) is 4.63. The van der Waals surface area contributed by atoms with Crippen LogP contribution < -0.4 is 10.6 Å². The van der Waals surface area contributed by atoms with E-state index in [-0.39, 0.29) is 5.84 Å². The number of nitrogens with one attached hydrogen (secondary N) is 1. The van der Waals surface area contributed by atoms with Crippen LogP contribution in [0.1, 0.15) is 37.8 Å². The van der Waals surface area contributed by atoms with Gasteiger partial charge in [-0.05, 0) is 36.8 Å². The number of nitrogen functional groups attached to an aromatic ring is 1. The second-order valence-electron chi connectivity index (χ2n) is 5.83. The summed E-state index contributed by atoms with van der Waals surface area (Å²) in [5, 5.41) is 7.49. The lowest BCUT2D eigenvalue weighted by molar-refractivity contribution is 0.202. The van der Waals surface area contributed by atoms with Crippen LogP contribution in [-0.4, -0.2) is 23.9 Å². The van der Waals surface area contributed by atoms with E-state index >= 15 is 0 Å². The lowest BCUT2D eigenvalue weighted by Gasteiger charge is -2.41. The monoisotopic (exact) mass is 258 g/mol. The predicted octanol–water partition coefficient (Wildman–Crippen LogP) is 2.38. The molecule has 1 saturated carbocycles. The van der Waals surface area contributed by atoms with Gasteiger partial charge in [-0.1, -0.05) is 25.3 Å². The van der Waals surface area contributed by atoms with Gasteiger partial charge in [0.1, 0.15) is 17.3 Å². The van der Waals surface area contributed by atoms with Crippen molar-refractivity contribution in [3.63, 3.8) is 0 Å². The van der Waals surface area contributed by atoms with Crippen molar-refractivity contribution in [2.75, 3.05) is 18.0 Å². The Kier molecular flexibility index (Phi) is 3.40. The molecule has 3 N–H and O–H groups in total. The Morgan fingerprint density at radius 3 is 2.79 bits per heavy atom. The number of hydrogen-bond donors (Lipinski definition) is 2. The number of fused-ring (bicyclic) bond motifs is 1. The molecule has 2 unspecified atom stereocenters. The molecule has 1 saturated heterocycles. The van der Waals surface area contributed by atoms with Crippen molar-refractivity contribution in [3.05, 3.63) is 23.9 Å². The summed E-state index contributed by atoms with van der Waals surface area (Å²) in [5.74, 6) is 2.80. The lowest BCUT2D eigenvalue weighted by Crippen LogP contribution is -2.42. The van der Waals surface area contributed by atoms with Crippen LogP contribution in [0.15, 0.2) is 18.2 Å². The van der Waals surface area contributed by atoms with E-state index in [9.17, 15) is 0 Å². The van der Waals surface area contributed by atoms with Crippen LogP contribution in [0.5, 0.6) is 0 Å². The van der Waals surface area contributed by atoms with E-state index in [0.717, 1.165) is 30.7 Å². The van der Waals surface area contributed by atoms with Gasteiger partial charge in [0, 0.05) is 13.1 Å². The van der Waals surface area contributed by atoms with Crippen LogP contribution in [0.3, 0.4) is 0 Å². The van der Waals surface area contributed by atoms with Crippen LogP contribution in [0, 0.1) is 17.2 Å². The van der Waals surface area contributed by atoms with Crippen LogP contribution in [0.25, 0.3) is 0 Å². The molecule has 2 aliphatic rings. The number of nitrogens with zero attached hydrogens (tertiary/aromatic N) is 2. The molecule has 0 spiro atoms. The van der Waals surface area contributed by atoms with E-state index in [1.54, 1.807) is 6.07 Å². The molecule has 0 radical (unpaired) electrons. The summed E-state index contributed by atoms with van der Waals surface area (Å²) in [6.45, 7) is 2.22. The smallest absolute Gasteiger partial charge is 0.141 e. The summed E-state index contributed by atoms with van der Waals surface area (Å²) in [6, 6.07) is 5.79. The Hall–Kier alpha value is -1.58. The molecule has 4 nitrogen and oxygen atoms in total. The van der Waals surface area contributed by atoms with Crippen LogP contribution in [0.2, 0.25) is 0 Å². The largest absolute Gasteiger partial charge is 0.382 e. The topological polar surface area (TPSA) is 66.0 Å². The fourth-order valence-electron chi connectivity index (χ4n) is 3.56. The van der Waals surface area contributed by atoms with Gasteiger partial charge in [-0.2, -0.15) is 0 Å². The fourth-order valence-corrected chi connectivity index (χ4v) is 3.56. The Morgan fingerprint density at radius 2 is 2.00 bits per heavy atom. The van der Waals surface area contributed by atoms with Gasteiger partial charge in [-0.3, -0.25) is 5.41 Å². The summed E-state index contributed by atoms with van der Waals surface area (Å²) in [6.07, 6.45) is 6.87. The molecule has 1 aromatic heterocycles. The van der Waals surface area contributed by atoms with Crippen molar-refractivity contribution in [2.45, 2.75) is 32.1 Å². The highest BCUT2D eigenvalue weighted by Crippen LogP contribution is 2.37. The van der Waals surface area contributed by atoms with E-state index < -0.39 is 0 Å². The van der Waals surface area contributed by atoms with Crippen molar-refractivity contribution in [1.29, 1.82) is 5.41 Å². The molecule has 3 rings (SSSR count). The van der Waals surface area contributed by atoms with Crippen molar-refractivity contribution in [2.24, 2.45) is 17.6 Å². The molecular formula is C15H22N4. The highest BCUT2D eigenvalue weighted by Gasteiger charge is 2.31. The summed E-state index contributed by atoms with van der Waals surface area (Å²) >= 11 is 0. The fraction of sp³-hybridized carbons (Fsp3) is 0.600. The summed E-state index contributed by atoms with van der Waals surface area (Å²) in [7, 11) is 0. The number of anilines is 1. The van der Waals surface area contributed by atoms with Crippen molar-refractivity contribution in [3.8, 4) is 0 Å². The molecule has 0 amide bonds. The van der Waals surface area contributed by atoms with E-state index in [1.165, 1.54) is 32.1 Å². The van der Waals surface area contributed by atoms with Crippen molar-refractivity contribution >= 4 is 11.7 Å². The minimum Gasteiger partial charge on any atom is -0.382 e. The highest BCUT2D eigenvalue weighted by atomic mass is 15.2. The normalized spacial score (nSPS) is 26.8. The first-order valence-corrected chi connectivity index (χ1v) is 7.30. The summed E-state index contributed by atoms with van der Waals surface area (Å²) in [5.41, 5.74) is 6.11. The van der Waals surface area contributed by atoms with E-state index in [1.807, 2.05) is 12.1 Å². The maximum absolute atomic E-state index is 7.49. The maximum atomic E-state index is 7.49. The van der Waals surface area contributed by atoms with Gasteiger partial charge in [0.25, 0.3) is 0 Å². The Morgan fingerprint density at radius 1 is 1.21 bits per heavy atom. The number of nitrogens with two attached hydrogens (primary N) is 1. The molecule has 0 bridgehead atoms. The first-order valence-electron chi connectivity index (χ1n) is 7.30. The van der Waals surface area contributed by atoms with Gasteiger partial charge in [-0.25, -0.2) is 4.98 Å². The molecule has 4 heteroatoms. The van der Waals surface area contributed by atoms with Gasteiger partial charge in [-0.15, -0.1) is 0 Å². The Labute approximate surface area is 114 Å². The lowest BCUT2D eigenvalue weighted by atomic mass is 9.75. The minimum absolute atomic E-state index is 0.0504. The summed E-state index contributed by atoms with van der Waals surface area (Å²) in [4.78, 5) is 6.88. The zero-order valence-electron chi connectivity index (χ0n) is 11.3. The number of amidine groups is 1. The Balaban J connectivity index is 1.75. The number of piperidine rings is 1. The van der Waals surface area contributed by atoms with Crippen molar-refractivity contribution in [1.82, 2.24) is 4.98 Å². The van der Waals surface area contributed by atoms with Gasteiger partial charge >= 0.3 is 0 Å². The molecule has 1 aliphatic carbocycles. The SMILES string of the molecule is N=C(N)c1cccc(N2CCC3CCCCC3C2)n1. The van der Waals surface area contributed by atoms with Gasteiger partial charge in [0.05, 0.1) is 0 Å². The number of aromatic nitrogens is 1. The second kappa shape index (κ2) is 5.19. The molecule has 0 aromatic carbocycles. The first kappa shape index (κ1) is 12.5. The second-order valence-corrected chi connectivity index (χ2v) is 5.83. The molecule has 2 heterocycles. The van der Waals surface area contributed by atoms with E-state index in [0.29, 0.717) is 5.69 Å². The number of hydrogen-bond acceptors (Lipinski definition) is 3. The quantitative estimate of drug-likeness (QED) is 0.632. The standard InChI is InChI=1S/C15H22N4/c16-15(17)13-6-3-7-14(18-13)19-9-8-11-4-1-2-5-12(11)10-19/h3,6-7,11-12H,1-2,4-5,8-10H2,(H3,16,17). The molecule has 19 heavy (non-hydrogen) atoms. The van der Waals surface area contributed by atoms with Crippen LogP contribution >= 0.6 is 0 Å². The molecule has 2 fully saturated rings. The van der Waals surface area contributed by atoms with Gasteiger partial charge < -0.3 is 10.6 Å². The third kappa shape index (κ3) is 2.57. The zero-order chi connectivity index (χ0) is 13.2. The molecule has 102 valence electrons. The molecular weight excluding hydrogens is 236 g/mol. The average Bonchev–Trinajstić information content (AvgIpc) is 2.47. The highest BCUT2D eigenvalue weighted by molar-refractivity contribution is 5.93. The summed E-state index contributed by atoms with van der Waals surface area (Å²) < 4.78 is 0. The van der Waals surface area contributed by atoms with Crippen molar-refractivity contribution < 1.29 is 0 Å². The first-order chi connectivity index (χ1) is 9.24. The maximum Gasteiger partial charge on any atom is 0.141 e. The van der Waals surface area contributed by atoms with E-state index in [4.69, 9.17) is 11.1 Å². The van der Waals surface area contributed by atoms with Gasteiger partial charge in [0.2, 0.25) is 0 Å². The van der Waals surface area contributed by atoms with Gasteiger partial charge in [0.15, 0.2) is 0 Å². The number of rotatable bonds is 2. The minimum atomic E-state index is 0.0504.